The van der Waals surface area contributed by atoms with Crippen molar-refractivity contribution in [1.82, 2.24) is 4.90 Å². The second-order valence-corrected chi connectivity index (χ2v) is 7.04. The van der Waals surface area contributed by atoms with Crippen molar-refractivity contribution in [1.29, 1.82) is 0 Å². The average molecular weight is 273 g/mol. The Kier molecular flexibility index (Phi) is 4.64. The van der Waals surface area contributed by atoms with Crippen molar-refractivity contribution in [3.63, 3.8) is 0 Å². The molecule has 0 bridgehead atoms. The van der Waals surface area contributed by atoms with Crippen LogP contribution in [-0.4, -0.2) is 30.3 Å². The molecular weight excluding hydrogens is 246 g/mol. The Balaban J connectivity index is 2.01. The molecule has 110 valence electrons. The van der Waals surface area contributed by atoms with Crippen molar-refractivity contribution in [3.8, 4) is 0 Å². The van der Waals surface area contributed by atoms with Gasteiger partial charge in [-0.1, -0.05) is 37.6 Å². The third-order valence-corrected chi connectivity index (χ3v) is 4.48. The highest BCUT2D eigenvalue weighted by Crippen LogP contribution is 2.29. The summed E-state index contributed by atoms with van der Waals surface area (Å²) < 4.78 is 0. The second-order valence-electron chi connectivity index (χ2n) is 7.04. The molecule has 1 aromatic rings. The lowest BCUT2D eigenvalue weighted by atomic mass is 9.85. The van der Waals surface area contributed by atoms with E-state index >= 15 is 0 Å². The number of likely N-dealkylation sites (tertiary alicyclic amines) is 1. The van der Waals surface area contributed by atoms with Crippen molar-refractivity contribution in [2.24, 2.45) is 5.41 Å². The number of hydrogen-bond acceptors (Lipinski definition) is 2. The summed E-state index contributed by atoms with van der Waals surface area (Å²) in [6, 6.07) is 6.11. The zero-order valence-corrected chi connectivity index (χ0v) is 13.3. The molecule has 2 nitrogen and oxygen atoms in total. The third-order valence-electron chi connectivity index (χ3n) is 4.48. The molecule has 1 saturated heterocycles. The highest BCUT2D eigenvalue weighted by atomic mass is 16.1. The van der Waals surface area contributed by atoms with Crippen LogP contribution in [0.3, 0.4) is 0 Å². The SMILES string of the molecule is Cc1ccc(C(=O)CN2CCCC(C)(C)CC2)c(C)c1. The summed E-state index contributed by atoms with van der Waals surface area (Å²) in [7, 11) is 0. The third kappa shape index (κ3) is 3.92. The molecule has 0 spiro atoms. The molecule has 0 aromatic heterocycles. The van der Waals surface area contributed by atoms with E-state index in [4.69, 9.17) is 0 Å². The molecule has 20 heavy (non-hydrogen) atoms. The van der Waals surface area contributed by atoms with Crippen LogP contribution in [0.4, 0.5) is 0 Å². The highest BCUT2D eigenvalue weighted by molar-refractivity contribution is 5.98. The zero-order valence-electron chi connectivity index (χ0n) is 13.3. The van der Waals surface area contributed by atoms with Gasteiger partial charge in [0.2, 0.25) is 0 Å². The maximum Gasteiger partial charge on any atom is 0.177 e. The van der Waals surface area contributed by atoms with E-state index in [0.29, 0.717) is 12.0 Å². The van der Waals surface area contributed by atoms with Crippen molar-refractivity contribution in [3.05, 3.63) is 34.9 Å². The molecule has 0 saturated carbocycles. The van der Waals surface area contributed by atoms with E-state index in [2.05, 4.69) is 31.7 Å². The van der Waals surface area contributed by atoms with Gasteiger partial charge in [0.05, 0.1) is 6.54 Å². The number of hydrogen-bond donors (Lipinski definition) is 0. The summed E-state index contributed by atoms with van der Waals surface area (Å²) >= 11 is 0. The van der Waals surface area contributed by atoms with Crippen LogP contribution in [0.5, 0.6) is 0 Å². The topological polar surface area (TPSA) is 20.3 Å². The minimum absolute atomic E-state index is 0.266. The lowest BCUT2D eigenvalue weighted by Gasteiger charge is -2.23. The number of ketones is 1. The van der Waals surface area contributed by atoms with Gasteiger partial charge >= 0.3 is 0 Å². The molecule has 0 aliphatic carbocycles. The van der Waals surface area contributed by atoms with Crippen LogP contribution < -0.4 is 0 Å². The molecule has 2 rings (SSSR count). The van der Waals surface area contributed by atoms with E-state index in [1.54, 1.807) is 0 Å². The van der Waals surface area contributed by atoms with E-state index in [1.807, 2.05) is 19.1 Å². The van der Waals surface area contributed by atoms with E-state index in [0.717, 1.165) is 24.2 Å². The lowest BCUT2D eigenvalue weighted by Crippen LogP contribution is -2.31. The fourth-order valence-electron chi connectivity index (χ4n) is 3.05. The normalized spacial score (nSPS) is 19.6. The van der Waals surface area contributed by atoms with Gasteiger partial charge in [0.1, 0.15) is 0 Å². The summed E-state index contributed by atoms with van der Waals surface area (Å²) in [5, 5.41) is 0. The molecule has 1 heterocycles. The number of benzene rings is 1. The summed E-state index contributed by atoms with van der Waals surface area (Å²) in [5.41, 5.74) is 3.64. The fraction of sp³-hybridized carbons (Fsp3) is 0.611. The Labute approximate surface area is 123 Å². The number of Topliss-reactive ketones (excluding diaryl/α,β-unsaturated/α-hetero) is 1. The van der Waals surface area contributed by atoms with Crippen LogP contribution in [0, 0.1) is 19.3 Å². The Morgan fingerprint density at radius 3 is 2.65 bits per heavy atom. The van der Waals surface area contributed by atoms with Crippen LogP contribution in [0.2, 0.25) is 0 Å². The second kappa shape index (κ2) is 6.09. The zero-order chi connectivity index (χ0) is 14.8. The first-order valence-corrected chi connectivity index (χ1v) is 7.70. The van der Waals surface area contributed by atoms with Gasteiger partial charge in [-0.2, -0.15) is 0 Å². The van der Waals surface area contributed by atoms with Gasteiger partial charge in [0.15, 0.2) is 5.78 Å². The average Bonchev–Trinajstić information content (AvgIpc) is 2.51. The molecule has 1 aromatic carbocycles. The Morgan fingerprint density at radius 2 is 1.95 bits per heavy atom. The molecule has 0 amide bonds. The quantitative estimate of drug-likeness (QED) is 0.776. The van der Waals surface area contributed by atoms with Gasteiger partial charge in [-0.3, -0.25) is 9.69 Å². The van der Waals surface area contributed by atoms with Crippen LogP contribution >= 0.6 is 0 Å². The maximum atomic E-state index is 12.5. The van der Waals surface area contributed by atoms with Crippen molar-refractivity contribution in [2.45, 2.75) is 47.0 Å². The molecule has 0 atom stereocenters. The smallest absolute Gasteiger partial charge is 0.177 e. The van der Waals surface area contributed by atoms with Gasteiger partial charge in [0, 0.05) is 5.56 Å². The standard InChI is InChI=1S/C18H27NO/c1-14-6-7-16(15(2)12-14)17(20)13-19-10-5-8-18(3,4)9-11-19/h6-7,12H,5,8-11,13H2,1-4H3. The Hall–Kier alpha value is -1.15. The number of carbonyl (C=O) groups is 1. The van der Waals surface area contributed by atoms with Crippen molar-refractivity contribution < 1.29 is 4.79 Å². The number of nitrogens with zero attached hydrogens (tertiary/aromatic N) is 1. The summed E-state index contributed by atoms with van der Waals surface area (Å²) in [6.45, 7) is 11.4. The van der Waals surface area contributed by atoms with Crippen molar-refractivity contribution >= 4 is 5.78 Å². The van der Waals surface area contributed by atoms with Crippen LogP contribution in [0.15, 0.2) is 18.2 Å². The van der Waals surface area contributed by atoms with Crippen LogP contribution in [-0.2, 0) is 0 Å². The molecule has 0 radical (unpaired) electrons. The predicted molar refractivity (Wildman–Crippen MR) is 84.3 cm³/mol. The fourth-order valence-corrected chi connectivity index (χ4v) is 3.05. The first kappa shape index (κ1) is 15.2. The van der Waals surface area contributed by atoms with Gasteiger partial charge in [-0.25, -0.2) is 0 Å². The summed E-state index contributed by atoms with van der Waals surface area (Å²) in [4.78, 5) is 14.8. The largest absolute Gasteiger partial charge is 0.296 e. The van der Waals surface area contributed by atoms with Crippen LogP contribution in [0.25, 0.3) is 0 Å². The first-order valence-electron chi connectivity index (χ1n) is 7.70. The van der Waals surface area contributed by atoms with Gasteiger partial charge in [0.25, 0.3) is 0 Å². The predicted octanol–water partition coefficient (Wildman–Crippen LogP) is 4.00. The van der Waals surface area contributed by atoms with E-state index < -0.39 is 0 Å². The van der Waals surface area contributed by atoms with Crippen LogP contribution in [0.1, 0.15) is 54.6 Å². The van der Waals surface area contributed by atoms with E-state index in [1.165, 1.54) is 24.8 Å². The monoisotopic (exact) mass is 273 g/mol. The summed E-state index contributed by atoms with van der Waals surface area (Å²) in [6.07, 6.45) is 3.65. The molecule has 1 aliphatic heterocycles. The number of aryl methyl sites for hydroxylation is 2. The minimum Gasteiger partial charge on any atom is -0.296 e. The molecule has 0 unspecified atom stereocenters. The minimum atomic E-state index is 0.266. The molecule has 1 fully saturated rings. The number of rotatable bonds is 3. The van der Waals surface area contributed by atoms with Crippen molar-refractivity contribution in [2.75, 3.05) is 19.6 Å². The highest BCUT2D eigenvalue weighted by Gasteiger charge is 2.24. The van der Waals surface area contributed by atoms with Gasteiger partial charge < -0.3 is 0 Å². The molecule has 1 aliphatic rings. The Morgan fingerprint density at radius 1 is 1.20 bits per heavy atom. The first-order chi connectivity index (χ1) is 9.37. The molecule has 2 heteroatoms. The lowest BCUT2D eigenvalue weighted by molar-refractivity contribution is 0.0930. The maximum absolute atomic E-state index is 12.5. The number of carbonyl (C=O) groups excluding carboxylic acids is 1. The molecule has 0 N–H and O–H groups in total. The van der Waals surface area contributed by atoms with Gasteiger partial charge in [-0.05, 0) is 57.2 Å². The van der Waals surface area contributed by atoms with E-state index in [-0.39, 0.29) is 5.78 Å². The summed E-state index contributed by atoms with van der Waals surface area (Å²) in [5.74, 6) is 0.266. The van der Waals surface area contributed by atoms with E-state index in [9.17, 15) is 4.79 Å². The molecular formula is C18H27NO. The Bertz CT molecular complexity index is 490. The van der Waals surface area contributed by atoms with Gasteiger partial charge in [-0.15, -0.1) is 0 Å².